The largest absolute Gasteiger partial charge is 0.444 e. The number of pyridine rings is 1. The molecule has 0 spiro atoms. The Kier molecular flexibility index (Phi) is 7.14. The molecule has 2 aliphatic heterocycles. The van der Waals surface area contributed by atoms with Crippen LogP contribution in [0.25, 0.3) is 11.2 Å². The molecule has 0 bridgehead atoms. The van der Waals surface area contributed by atoms with Crippen molar-refractivity contribution in [2.45, 2.75) is 65.8 Å². The average Bonchev–Trinajstić information content (AvgIpc) is 3.50. The number of halogens is 1. The molecule has 5 heterocycles. The summed E-state index contributed by atoms with van der Waals surface area (Å²) in [4.78, 5) is 59.5. The summed E-state index contributed by atoms with van der Waals surface area (Å²) in [5, 5.41) is 7.17. The highest BCUT2D eigenvalue weighted by Gasteiger charge is 2.36. The van der Waals surface area contributed by atoms with Crippen LogP contribution in [-0.2, 0) is 22.6 Å². The van der Waals surface area contributed by atoms with E-state index in [1.54, 1.807) is 15.9 Å². The van der Waals surface area contributed by atoms with Gasteiger partial charge in [0.15, 0.2) is 0 Å². The van der Waals surface area contributed by atoms with E-state index in [1.165, 1.54) is 21.2 Å². The molecule has 5 rings (SSSR count). The smallest absolute Gasteiger partial charge is 0.410 e. The second kappa shape index (κ2) is 10.5. The maximum Gasteiger partial charge on any atom is 0.410 e. The quantitative estimate of drug-likeness (QED) is 0.503. The summed E-state index contributed by atoms with van der Waals surface area (Å²) in [5.41, 5.74) is 0.975. The van der Waals surface area contributed by atoms with Crippen molar-refractivity contribution in [1.82, 2.24) is 29.0 Å². The lowest BCUT2D eigenvalue weighted by molar-refractivity contribution is -0.116. The fraction of sp³-hybridized carbons (Fsp3) is 0.429. The van der Waals surface area contributed by atoms with Crippen LogP contribution in [0.4, 0.5) is 15.0 Å². The highest BCUT2D eigenvalue weighted by atomic mass is 19.1. The predicted molar refractivity (Wildman–Crippen MR) is 148 cm³/mol. The first-order valence-electron chi connectivity index (χ1n) is 13.4. The summed E-state index contributed by atoms with van der Waals surface area (Å²) in [7, 11) is 0. The second-order valence-corrected chi connectivity index (χ2v) is 11.4. The number of nitrogens with zero attached hydrogens (tertiary/aromatic N) is 6. The molecule has 41 heavy (non-hydrogen) atoms. The van der Waals surface area contributed by atoms with Crippen molar-refractivity contribution in [1.29, 1.82) is 0 Å². The van der Waals surface area contributed by atoms with Crippen molar-refractivity contribution in [2.24, 2.45) is 0 Å². The fourth-order valence-corrected chi connectivity index (χ4v) is 4.89. The van der Waals surface area contributed by atoms with E-state index in [-0.39, 0.29) is 47.8 Å². The standard InChI is InChI=1S/C28H32FN7O5/c1-16(2)34-14-19-24(26(34)39)35(15-22(37)31-21-7-6-18(29)13-30-21)23-12-20(32-36(23)25(19)38)17-8-10-33(11-9-17)27(40)41-28(3,4)5/h6-8,12-13,16H,9-11,14-15H2,1-5H3,(H,30,31,37). The van der Waals surface area contributed by atoms with E-state index in [9.17, 15) is 23.6 Å². The van der Waals surface area contributed by atoms with Crippen LogP contribution in [0.15, 0.2) is 35.3 Å². The number of aromatic nitrogens is 4. The summed E-state index contributed by atoms with van der Waals surface area (Å²) >= 11 is 0. The van der Waals surface area contributed by atoms with Crippen LogP contribution in [-0.4, -0.2) is 71.6 Å². The molecule has 0 radical (unpaired) electrons. The van der Waals surface area contributed by atoms with Gasteiger partial charge in [-0.15, -0.1) is 0 Å². The van der Waals surface area contributed by atoms with E-state index in [2.05, 4.69) is 15.4 Å². The molecule has 3 amide bonds. The molecule has 216 valence electrons. The van der Waals surface area contributed by atoms with Gasteiger partial charge in [0, 0.05) is 25.2 Å². The van der Waals surface area contributed by atoms with Crippen LogP contribution in [0.2, 0.25) is 0 Å². The van der Waals surface area contributed by atoms with Gasteiger partial charge in [0.1, 0.15) is 35.1 Å². The molecule has 3 aromatic rings. The molecule has 1 N–H and O–H groups in total. The zero-order chi connectivity index (χ0) is 29.6. The predicted octanol–water partition coefficient (Wildman–Crippen LogP) is 3.06. The topological polar surface area (TPSA) is 131 Å². The third kappa shape index (κ3) is 5.56. The molecule has 12 nitrogen and oxygen atoms in total. The van der Waals surface area contributed by atoms with Crippen LogP contribution in [0.5, 0.6) is 0 Å². The molecule has 0 aromatic carbocycles. The van der Waals surface area contributed by atoms with Crippen molar-refractivity contribution in [3.05, 3.63) is 63.6 Å². The van der Waals surface area contributed by atoms with Crippen molar-refractivity contribution < 1.29 is 23.5 Å². The van der Waals surface area contributed by atoms with E-state index in [0.717, 1.165) is 11.8 Å². The second-order valence-electron chi connectivity index (χ2n) is 11.4. The first kappa shape index (κ1) is 28.0. The maximum absolute atomic E-state index is 13.5. The highest BCUT2D eigenvalue weighted by Crippen LogP contribution is 2.27. The molecule has 0 saturated heterocycles. The summed E-state index contributed by atoms with van der Waals surface area (Å²) in [6.07, 6.45) is 2.91. The van der Waals surface area contributed by atoms with E-state index in [4.69, 9.17) is 4.74 Å². The fourth-order valence-electron chi connectivity index (χ4n) is 4.89. The zero-order valence-corrected chi connectivity index (χ0v) is 23.6. The van der Waals surface area contributed by atoms with E-state index >= 15 is 0 Å². The Morgan fingerprint density at radius 1 is 1.20 bits per heavy atom. The number of carbonyl (C=O) groups excluding carboxylic acids is 3. The molecular weight excluding hydrogens is 533 g/mol. The first-order valence-corrected chi connectivity index (χ1v) is 13.4. The lowest BCUT2D eigenvalue weighted by Gasteiger charge is -2.29. The first-order chi connectivity index (χ1) is 19.3. The Bertz CT molecular complexity index is 1630. The average molecular weight is 566 g/mol. The van der Waals surface area contributed by atoms with Crippen LogP contribution < -0.4 is 10.9 Å². The van der Waals surface area contributed by atoms with Crippen molar-refractivity contribution >= 4 is 34.9 Å². The van der Waals surface area contributed by atoms with Crippen LogP contribution in [0.3, 0.4) is 0 Å². The van der Waals surface area contributed by atoms with Gasteiger partial charge in [0.05, 0.1) is 24.0 Å². The molecule has 0 saturated carbocycles. The summed E-state index contributed by atoms with van der Waals surface area (Å²) in [6, 6.07) is 4.01. The molecule has 0 aliphatic carbocycles. The van der Waals surface area contributed by atoms with Gasteiger partial charge < -0.3 is 24.4 Å². The minimum absolute atomic E-state index is 0.102. The molecule has 13 heteroatoms. The molecule has 0 fully saturated rings. The van der Waals surface area contributed by atoms with E-state index < -0.39 is 29.0 Å². The number of anilines is 1. The monoisotopic (exact) mass is 565 g/mol. The molecule has 0 atom stereocenters. The lowest BCUT2D eigenvalue weighted by Crippen LogP contribution is -2.39. The Morgan fingerprint density at radius 3 is 2.56 bits per heavy atom. The van der Waals surface area contributed by atoms with Gasteiger partial charge in [-0.2, -0.15) is 9.61 Å². The summed E-state index contributed by atoms with van der Waals surface area (Å²) in [5.74, 6) is -1.26. The molecule has 0 unspecified atom stereocenters. The van der Waals surface area contributed by atoms with Gasteiger partial charge in [-0.3, -0.25) is 14.4 Å². The van der Waals surface area contributed by atoms with Crippen molar-refractivity contribution in [2.75, 3.05) is 18.4 Å². The Morgan fingerprint density at radius 2 is 1.95 bits per heavy atom. The van der Waals surface area contributed by atoms with E-state index in [1.807, 2.05) is 40.7 Å². The Balaban J connectivity index is 1.51. The number of fused-ring (bicyclic) bond motifs is 2. The molecule has 2 aliphatic rings. The van der Waals surface area contributed by atoms with Crippen LogP contribution >= 0.6 is 0 Å². The number of hydrogen-bond acceptors (Lipinski definition) is 7. The Labute approximate surface area is 235 Å². The number of ether oxygens (including phenoxy) is 1. The van der Waals surface area contributed by atoms with Crippen LogP contribution in [0.1, 0.15) is 62.8 Å². The van der Waals surface area contributed by atoms with Crippen LogP contribution in [0, 0.1) is 5.82 Å². The SMILES string of the molecule is CC(C)N1Cc2c(n(CC(=O)Nc3ccc(F)cn3)c3cc(C4=CCN(C(=O)OC(C)(C)C)CC4)nn3c2=O)C1=O. The Hall–Kier alpha value is -4.55. The number of nitrogens with one attached hydrogen (secondary N) is 1. The maximum atomic E-state index is 13.5. The number of rotatable bonds is 5. The zero-order valence-electron chi connectivity index (χ0n) is 23.6. The summed E-state index contributed by atoms with van der Waals surface area (Å²) < 4.78 is 21.4. The highest BCUT2D eigenvalue weighted by molar-refractivity contribution is 5.98. The minimum Gasteiger partial charge on any atom is -0.444 e. The van der Waals surface area contributed by atoms with Gasteiger partial charge in [-0.05, 0) is 58.7 Å². The third-order valence-corrected chi connectivity index (χ3v) is 6.88. The van der Waals surface area contributed by atoms with Gasteiger partial charge >= 0.3 is 6.09 Å². The normalized spacial score (nSPS) is 15.4. The third-order valence-electron chi connectivity index (χ3n) is 6.88. The minimum atomic E-state index is -0.608. The van der Waals surface area contributed by atoms with Crippen molar-refractivity contribution in [3.63, 3.8) is 0 Å². The lowest BCUT2D eigenvalue weighted by atomic mass is 10.1. The number of amides is 3. The molecule has 3 aromatic heterocycles. The number of hydrogen-bond donors (Lipinski definition) is 1. The summed E-state index contributed by atoms with van der Waals surface area (Å²) in [6.45, 7) is 9.64. The van der Waals surface area contributed by atoms with Gasteiger partial charge in [-0.25, -0.2) is 14.2 Å². The van der Waals surface area contributed by atoms with Gasteiger partial charge in [0.2, 0.25) is 5.91 Å². The van der Waals surface area contributed by atoms with Gasteiger partial charge in [-0.1, -0.05) is 6.08 Å². The van der Waals surface area contributed by atoms with E-state index in [0.29, 0.717) is 25.2 Å². The number of carbonyl (C=O) groups is 3. The molecular formula is C28H32FN7O5. The van der Waals surface area contributed by atoms with Crippen molar-refractivity contribution in [3.8, 4) is 0 Å². The van der Waals surface area contributed by atoms with Gasteiger partial charge in [0.25, 0.3) is 11.5 Å².